The number of aliphatic hydroxyl groups excluding tert-OH is 1. The van der Waals surface area contributed by atoms with Gasteiger partial charge in [-0.15, -0.1) is 0 Å². The van der Waals surface area contributed by atoms with Crippen molar-refractivity contribution in [1.29, 1.82) is 0 Å². The summed E-state index contributed by atoms with van der Waals surface area (Å²) in [5, 5.41) is 9.28. The van der Waals surface area contributed by atoms with Gasteiger partial charge in [0.05, 0.1) is 17.9 Å². The van der Waals surface area contributed by atoms with Crippen LogP contribution in [0.1, 0.15) is 44.9 Å². The maximum Gasteiger partial charge on any atom is 0.249 e. The minimum absolute atomic E-state index is 0.0403. The number of unbranched alkanes of at least 4 members (excludes halogenated alkanes) is 1. The number of fused-ring (bicyclic) bond motifs is 2. The standard InChI is InChI=1S/C25H35N3O5/c1-26-13-7-11-18-19(22(26)30)20-23(31)28(14-5-6-16-29)21-24(32)27(17-9-3-2-4-10-17)15-8-12-25(20,21)33-18/h7-8,11-12,17-21,29H,2-6,9-10,13-16H2,1H3/t18-,19+,20-,21?,25-/m0/s1. The predicted molar refractivity (Wildman–Crippen MR) is 121 cm³/mol. The molecule has 5 atom stereocenters. The van der Waals surface area contributed by atoms with Crippen LogP contribution in [0.15, 0.2) is 24.3 Å². The summed E-state index contributed by atoms with van der Waals surface area (Å²) >= 11 is 0. The summed E-state index contributed by atoms with van der Waals surface area (Å²) in [6.45, 7) is 1.41. The van der Waals surface area contributed by atoms with Crippen LogP contribution >= 0.6 is 0 Å². The number of ether oxygens (including phenoxy) is 1. The molecular formula is C25H35N3O5. The number of carbonyl (C=O) groups is 3. The molecule has 0 aromatic carbocycles. The average Bonchev–Trinajstić information content (AvgIpc) is 3.13. The third-order valence-electron chi connectivity index (χ3n) is 8.21. The Morgan fingerprint density at radius 2 is 1.82 bits per heavy atom. The fourth-order valence-electron chi connectivity index (χ4n) is 6.64. The van der Waals surface area contributed by atoms with E-state index in [0.29, 0.717) is 32.5 Å². The number of rotatable bonds is 5. The molecule has 8 heteroatoms. The van der Waals surface area contributed by atoms with E-state index < -0.39 is 29.6 Å². The zero-order chi connectivity index (χ0) is 23.2. The first-order valence-corrected chi connectivity index (χ1v) is 12.5. The minimum atomic E-state index is -1.13. The first-order valence-electron chi connectivity index (χ1n) is 12.5. The van der Waals surface area contributed by atoms with E-state index in [9.17, 15) is 19.5 Å². The summed E-state index contributed by atoms with van der Waals surface area (Å²) in [5.74, 6) is -1.69. The van der Waals surface area contributed by atoms with E-state index in [1.807, 2.05) is 29.2 Å². The van der Waals surface area contributed by atoms with Crippen LogP contribution in [0.5, 0.6) is 0 Å². The molecule has 5 rings (SSSR count). The van der Waals surface area contributed by atoms with Crippen molar-refractivity contribution in [3.8, 4) is 0 Å². The van der Waals surface area contributed by atoms with Crippen LogP contribution in [-0.4, -0.2) is 94.6 Å². The molecule has 3 fully saturated rings. The van der Waals surface area contributed by atoms with Gasteiger partial charge >= 0.3 is 0 Å². The molecular weight excluding hydrogens is 422 g/mol. The van der Waals surface area contributed by atoms with Gasteiger partial charge < -0.3 is 24.5 Å². The quantitative estimate of drug-likeness (QED) is 0.493. The third-order valence-corrected chi connectivity index (χ3v) is 8.21. The van der Waals surface area contributed by atoms with E-state index in [2.05, 4.69) is 0 Å². The second-order valence-corrected chi connectivity index (χ2v) is 10.1. The SMILES string of the molecule is CN1CC=C[C@@H]2O[C@]34C=CCN(C5CCCCC5)C(=O)C3N(CCCCO)C(=O)[C@@H]4[C@@H]2C1=O. The lowest BCUT2D eigenvalue weighted by molar-refractivity contribution is -0.149. The normalized spacial score (nSPS) is 36.7. The molecule has 1 unspecified atom stereocenters. The van der Waals surface area contributed by atoms with Crippen molar-refractivity contribution in [2.24, 2.45) is 11.8 Å². The number of likely N-dealkylation sites (N-methyl/N-ethyl adjacent to an activating group) is 1. The van der Waals surface area contributed by atoms with Gasteiger partial charge in [-0.1, -0.05) is 43.6 Å². The number of nitrogens with zero attached hydrogens (tertiary/aromatic N) is 3. The fraction of sp³-hybridized carbons (Fsp3) is 0.720. The molecule has 3 amide bonds. The molecule has 0 aromatic rings. The third kappa shape index (κ3) is 3.53. The molecule has 0 radical (unpaired) electrons. The van der Waals surface area contributed by atoms with Gasteiger partial charge in [-0.25, -0.2) is 0 Å². The van der Waals surface area contributed by atoms with Gasteiger partial charge in [-0.2, -0.15) is 0 Å². The Morgan fingerprint density at radius 3 is 2.58 bits per heavy atom. The highest BCUT2D eigenvalue weighted by molar-refractivity contribution is 5.99. The molecule has 0 bridgehead atoms. The van der Waals surface area contributed by atoms with Crippen LogP contribution in [0.4, 0.5) is 0 Å². The van der Waals surface area contributed by atoms with Crippen molar-refractivity contribution in [3.63, 3.8) is 0 Å². The van der Waals surface area contributed by atoms with E-state index >= 15 is 0 Å². The number of carbonyl (C=O) groups excluding carboxylic acids is 3. The lowest BCUT2D eigenvalue weighted by atomic mass is 9.77. The van der Waals surface area contributed by atoms with Gasteiger partial charge in [0.25, 0.3) is 0 Å². The molecule has 1 saturated carbocycles. The largest absolute Gasteiger partial charge is 0.396 e. The van der Waals surface area contributed by atoms with Crippen LogP contribution in [0.25, 0.3) is 0 Å². The van der Waals surface area contributed by atoms with Crippen molar-refractivity contribution in [2.75, 3.05) is 33.3 Å². The van der Waals surface area contributed by atoms with Crippen LogP contribution in [0.2, 0.25) is 0 Å². The number of amides is 3. The monoisotopic (exact) mass is 457 g/mol. The maximum absolute atomic E-state index is 14.1. The Labute approximate surface area is 195 Å². The van der Waals surface area contributed by atoms with Crippen molar-refractivity contribution in [3.05, 3.63) is 24.3 Å². The number of aliphatic hydroxyl groups is 1. The zero-order valence-electron chi connectivity index (χ0n) is 19.4. The molecule has 180 valence electrons. The first kappa shape index (κ1) is 22.6. The summed E-state index contributed by atoms with van der Waals surface area (Å²) in [6, 6.07) is -0.591. The molecule has 8 nitrogen and oxygen atoms in total. The fourth-order valence-corrected chi connectivity index (χ4v) is 6.64. The van der Waals surface area contributed by atoms with Gasteiger partial charge in [0.1, 0.15) is 11.6 Å². The van der Waals surface area contributed by atoms with Crippen LogP contribution in [-0.2, 0) is 19.1 Å². The van der Waals surface area contributed by atoms with E-state index in [-0.39, 0.29) is 30.4 Å². The van der Waals surface area contributed by atoms with E-state index in [4.69, 9.17) is 4.74 Å². The highest BCUT2D eigenvalue weighted by Gasteiger charge is 2.71. The average molecular weight is 458 g/mol. The minimum Gasteiger partial charge on any atom is -0.396 e. The summed E-state index contributed by atoms with van der Waals surface area (Å²) < 4.78 is 6.59. The number of likely N-dealkylation sites (tertiary alicyclic amines) is 1. The summed E-state index contributed by atoms with van der Waals surface area (Å²) in [4.78, 5) is 46.6. The van der Waals surface area contributed by atoms with Crippen molar-refractivity contribution in [1.82, 2.24) is 14.7 Å². The van der Waals surface area contributed by atoms with Gasteiger partial charge in [0.15, 0.2) is 0 Å². The van der Waals surface area contributed by atoms with Gasteiger partial charge in [0.2, 0.25) is 17.7 Å². The molecule has 1 N–H and O–H groups in total. The molecule has 5 aliphatic rings. The van der Waals surface area contributed by atoms with Crippen molar-refractivity contribution in [2.45, 2.75) is 68.7 Å². The first-order chi connectivity index (χ1) is 16.0. The Hall–Kier alpha value is -2.19. The Balaban J connectivity index is 1.55. The summed E-state index contributed by atoms with van der Waals surface area (Å²) in [6.07, 6.45) is 13.7. The van der Waals surface area contributed by atoms with E-state index in [1.54, 1.807) is 16.8 Å². The Kier molecular flexibility index (Phi) is 6.07. The van der Waals surface area contributed by atoms with E-state index in [1.165, 1.54) is 6.42 Å². The molecule has 33 heavy (non-hydrogen) atoms. The van der Waals surface area contributed by atoms with Crippen LogP contribution in [0.3, 0.4) is 0 Å². The molecule has 0 aromatic heterocycles. The molecule has 2 saturated heterocycles. The number of hydrogen-bond acceptors (Lipinski definition) is 5. The van der Waals surface area contributed by atoms with Gasteiger partial charge in [0, 0.05) is 39.3 Å². The van der Waals surface area contributed by atoms with Crippen LogP contribution < -0.4 is 0 Å². The second-order valence-electron chi connectivity index (χ2n) is 10.1. The lowest BCUT2D eigenvalue weighted by Gasteiger charge is -2.39. The van der Waals surface area contributed by atoms with Gasteiger partial charge in [-0.3, -0.25) is 14.4 Å². The van der Waals surface area contributed by atoms with E-state index in [0.717, 1.165) is 25.7 Å². The second kappa shape index (κ2) is 8.87. The summed E-state index contributed by atoms with van der Waals surface area (Å²) in [7, 11) is 1.74. The Bertz CT molecular complexity index is 866. The Morgan fingerprint density at radius 1 is 1.03 bits per heavy atom. The highest BCUT2D eigenvalue weighted by Crippen LogP contribution is 2.53. The molecule has 4 heterocycles. The zero-order valence-corrected chi connectivity index (χ0v) is 19.4. The van der Waals surface area contributed by atoms with Crippen LogP contribution in [0, 0.1) is 11.8 Å². The number of hydrogen-bond donors (Lipinski definition) is 1. The van der Waals surface area contributed by atoms with Crippen molar-refractivity contribution < 1.29 is 24.2 Å². The lowest BCUT2D eigenvalue weighted by Crippen LogP contribution is -2.57. The molecule has 1 aliphatic carbocycles. The van der Waals surface area contributed by atoms with Gasteiger partial charge in [-0.05, 0) is 25.7 Å². The maximum atomic E-state index is 14.1. The topological polar surface area (TPSA) is 90.4 Å². The smallest absolute Gasteiger partial charge is 0.249 e. The summed E-state index contributed by atoms with van der Waals surface area (Å²) in [5.41, 5.74) is -1.13. The molecule has 1 spiro atoms. The molecule has 4 aliphatic heterocycles. The predicted octanol–water partition coefficient (Wildman–Crippen LogP) is 1.10. The van der Waals surface area contributed by atoms with Crippen molar-refractivity contribution >= 4 is 17.7 Å². The highest BCUT2D eigenvalue weighted by atomic mass is 16.5.